The standard InChI is InChI=1S/C14H15N3O2/c1-11(10-15)9-14-16-13(17-19-14)7-8-18-12-5-3-2-4-6-12/h2-6,11H,7-9H2,1H3. The van der Waals surface area contributed by atoms with E-state index in [1.807, 2.05) is 37.3 Å². The SMILES string of the molecule is CC(C#N)Cc1nc(CCOc2ccccc2)no1. The number of ether oxygens (including phenoxy) is 1. The normalized spacial score (nSPS) is 11.8. The maximum atomic E-state index is 8.71. The third-order valence-electron chi connectivity index (χ3n) is 2.55. The van der Waals surface area contributed by atoms with E-state index in [1.165, 1.54) is 0 Å². The molecule has 0 aliphatic heterocycles. The summed E-state index contributed by atoms with van der Waals surface area (Å²) in [5, 5.41) is 12.6. The van der Waals surface area contributed by atoms with E-state index in [2.05, 4.69) is 16.2 Å². The Morgan fingerprint density at radius 3 is 2.89 bits per heavy atom. The Hall–Kier alpha value is -2.35. The fourth-order valence-corrected chi connectivity index (χ4v) is 1.56. The van der Waals surface area contributed by atoms with Gasteiger partial charge in [0, 0.05) is 12.8 Å². The summed E-state index contributed by atoms with van der Waals surface area (Å²) in [6.07, 6.45) is 1.07. The molecule has 0 bridgehead atoms. The first-order chi connectivity index (χ1) is 9.28. The highest BCUT2D eigenvalue weighted by Gasteiger charge is 2.10. The molecule has 1 atom stereocenters. The Bertz CT molecular complexity index is 545. The van der Waals surface area contributed by atoms with Crippen molar-refractivity contribution in [3.8, 4) is 11.8 Å². The summed E-state index contributed by atoms with van der Waals surface area (Å²) in [5.74, 6) is 1.82. The molecule has 1 heterocycles. The number of para-hydroxylation sites is 1. The second-order valence-electron chi connectivity index (χ2n) is 4.25. The van der Waals surface area contributed by atoms with Gasteiger partial charge >= 0.3 is 0 Å². The molecule has 0 aliphatic rings. The van der Waals surface area contributed by atoms with Crippen LogP contribution in [-0.4, -0.2) is 16.7 Å². The molecule has 98 valence electrons. The summed E-state index contributed by atoms with van der Waals surface area (Å²) in [6, 6.07) is 11.7. The van der Waals surface area contributed by atoms with Crippen LogP contribution in [0.3, 0.4) is 0 Å². The molecule has 2 aromatic rings. The molecule has 1 aromatic carbocycles. The molecule has 0 saturated carbocycles. The number of benzene rings is 1. The summed E-state index contributed by atoms with van der Waals surface area (Å²) >= 11 is 0. The molecule has 0 radical (unpaired) electrons. The lowest BCUT2D eigenvalue weighted by molar-refractivity contribution is 0.313. The van der Waals surface area contributed by atoms with Gasteiger partial charge in [0.15, 0.2) is 5.82 Å². The van der Waals surface area contributed by atoms with Crippen molar-refractivity contribution in [3.05, 3.63) is 42.0 Å². The van der Waals surface area contributed by atoms with Crippen LogP contribution in [-0.2, 0) is 12.8 Å². The van der Waals surface area contributed by atoms with Gasteiger partial charge in [-0.25, -0.2) is 0 Å². The molecule has 0 amide bonds. The highest BCUT2D eigenvalue weighted by atomic mass is 16.5. The summed E-state index contributed by atoms with van der Waals surface area (Å²) in [5.41, 5.74) is 0. The predicted octanol–water partition coefficient (Wildman–Crippen LogP) is 2.39. The average molecular weight is 257 g/mol. The first-order valence-corrected chi connectivity index (χ1v) is 6.17. The van der Waals surface area contributed by atoms with Crippen LogP contribution in [0.1, 0.15) is 18.6 Å². The first kappa shape index (κ1) is 13.1. The second-order valence-corrected chi connectivity index (χ2v) is 4.25. The highest BCUT2D eigenvalue weighted by molar-refractivity contribution is 5.20. The van der Waals surface area contributed by atoms with E-state index in [4.69, 9.17) is 14.5 Å². The smallest absolute Gasteiger partial charge is 0.227 e. The van der Waals surface area contributed by atoms with Crippen LogP contribution in [0.2, 0.25) is 0 Å². The lowest BCUT2D eigenvalue weighted by Gasteiger charge is -2.02. The minimum Gasteiger partial charge on any atom is -0.493 e. The third kappa shape index (κ3) is 4.11. The number of nitriles is 1. The minimum absolute atomic E-state index is 0.117. The molecule has 0 saturated heterocycles. The number of rotatable bonds is 6. The maximum Gasteiger partial charge on any atom is 0.227 e. The second kappa shape index (κ2) is 6.55. The van der Waals surface area contributed by atoms with Gasteiger partial charge < -0.3 is 9.26 Å². The van der Waals surface area contributed by atoms with Crippen molar-refractivity contribution in [1.29, 1.82) is 5.26 Å². The van der Waals surface area contributed by atoms with Gasteiger partial charge in [-0.2, -0.15) is 10.2 Å². The summed E-state index contributed by atoms with van der Waals surface area (Å²) in [6.45, 7) is 2.32. The molecule has 0 spiro atoms. The number of hydrogen-bond donors (Lipinski definition) is 0. The number of aromatic nitrogens is 2. The maximum absolute atomic E-state index is 8.71. The fraction of sp³-hybridized carbons (Fsp3) is 0.357. The molecular formula is C14H15N3O2. The zero-order valence-electron chi connectivity index (χ0n) is 10.7. The van der Waals surface area contributed by atoms with Gasteiger partial charge in [0.25, 0.3) is 0 Å². The monoisotopic (exact) mass is 257 g/mol. The molecule has 1 aromatic heterocycles. The minimum atomic E-state index is -0.117. The molecule has 5 heteroatoms. The molecule has 19 heavy (non-hydrogen) atoms. The van der Waals surface area contributed by atoms with Gasteiger partial charge in [-0.3, -0.25) is 0 Å². The fourth-order valence-electron chi connectivity index (χ4n) is 1.56. The molecule has 0 aliphatic carbocycles. The van der Waals surface area contributed by atoms with E-state index < -0.39 is 0 Å². The largest absolute Gasteiger partial charge is 0.493 e. The van der Waals surface area contributed by atoms with Crippen molar-refractivity contribution in [2.24, 2.45) is 5.92 Å². The Labute approximate surface area is 111 Å². The van der Waals surface area contributed by atoms with E-state index in [9.17, 15) is 0 Å². The zero-order valence-corrected chi connectivity index (χ0v) is 10.7. The van der Waals surface area contributed by atoms with Crippen LogP contribution >= 0.6 is 0 Å². The van der Waals surface area contributed by atoms with Crippen molar-refractivity contribution >= 4 is 0 Å². The van der Waals surface area contributed by atoms with Crippen LogP contribution in [0, 0.1) is 17.2 Å². The van der Waals surface area contributed by atoms with E-state index in [1.54, 1.807) is 0 Å². The third-order valence-corrected chi connectivity index (χ3v) is 2.55. The lowest BCUT2D eigenvalue weighted by Crippen LogP contribution is -2.03. The van der Waals surface area contributed by atoms with Gasteiger partial charge in [0.05, 0.1) is 18.6 Å². The molecule has 5 nitrogen and oxygen atoms in total. The lowest BCUT2D eigenvalue weighted by atomic mass is 10.1. The number of nitrogens with zero attached hydrogens (tertiary/aromatic N) is 3. The van der Waals surface area contributed by atoms with E-state index in [0.29, 0.717) is 31.2 Å². The van der Waals surface area contributed by atoms with Crippen LogP contribution < -0.4 is 4.74 Å². The number of hydrogen-bond acceptors (Lipinski definition) is 5. The van der Waals surface area contributed by atoms with Crippen LogP contribution in [0.4, 0.5) is 0 Å². The quantitative estimate of drug-likeness (QED) is 0.794. The molecule has 2 rings (SSSR count). The Morgan fingerprint density at radius 1 is 1.37 bits per heavy atom. The van der Waals surface area contributed by atoms with Gasteiger partial charge in [0.1, 0.15) is 5.75 Å². The topological polar surface area (TPSA) is 71.9 Å². The van der Waals surface area contributed by atoms with Crippen molar-refractivity contribution in [3.63, 3.8) is 0 Å². The van der Waals surface area contributed by atoms with Crippen LogP contribution in [0.25, 0.3) is 0 Å². The summed E-state index contributed by atoms with van der Waals surface area (Å²) in [7, 11) is 0. The molecule has 1 unspecified atom stereocenters. The Balaban J connectivity index is 1.79. The predicted molar refractivity (Wildman–Crippen MR) is 68.4 cm³/mol. The summed E-state index contributed by atoms with van der Waals surface area (Å²) < 4.78 is 10.6. The zero-order chi connectivity index (χ0) is 13.5. The highest BCUT2D eigenvalue weighted by Crippen LogP contribution is 2.09. The first-order valence-electron chi connectivity index (χ1n) is 6.17. The molecule has 0 N–H and O–H groups in total. The van der Waals surface area contributed by atoms with Gasteiger partial charge in [-0.05, 0) is 19.1 Å². The van der Waals surface area contributed by atoms with E-state index >= 15 is 0 Å². The average Bonchev–Trinajstić information content (AvgIpc) is 2.87. The molecule has 0 fully saturated rings. The van der Waals surface area contributed by atoms with Crippen molar-refractivity contribution < 1.29 is 9.26 Å². The van der Waals surface area contributed by atoms with E-state index in [-0.39, 0.29) is 5.92 Å². The van der Waals surface area contributed by atoms with Gasteiger partial charge in [0.2, 0.25) is 5.89 Å². The Morgan fingerprint density at radius 2 is 2.16 bits per heavy atom. The van der Waals surface area contributed by atoms with Crippen molar-refractivity contribution in [2.45, 2.75) is 19.8 Å². The summed E-state index contributed by atoms with van der Waals surface area (Å²) in [4.78, 5) is 4.22. The van der Waals surface area contributed by atoms with Crippen molar-refractivity contribution in [2.75, 3.05) is 6.61 Å². The van der Waals surface area contributed by atoms with Gasteiger partial charge in [-0.1, -0.05) is 23.4 Å². The Kier molecular flexibility index (Phi) is 4.51. The van der Waals surface area contributed by atoms with Crippen LogP contribution in [0.5, 0.6) is 5.75 Å². The van der Waals surface area contributed by atoms with Crippen molar-refractivity contribution in [1.82, 2.24) is 10.1 Å². The van der Waals surface area contributed by atoms with E-state index in [0.717, 1.165) is 5.75 Å². The van der Waals surface area contributed by atoms with Crippen LogP contribution in [0.15, 0.2) is 34.9 Å². The molecular weight excluding hydrogens is 242 g/mol. The van der Waals surface area contributed by atoms with Gasteiger partial charge in [-0.15, -0.1) is 0 Å².